The summed E-state index contributed by atoms with van der Waals surface area (Å²) < 4.78 is 11.5. The average molecular weight is 328 g/mol. The second-order valence-corrected chi connectivity index (χ2v) is 6.78. The molecule has 0 saturated carbocycles. The Labute approximate surface area is 143 Å². The standard InChI is InChI=1S/C20H24O4/c1-14-5-10-17(20(2,3)4)18(13-14)24-12-11-23-16-8-6-15(7-9-16)19(21)22/h5-10,13H,11-12H2,1-4H3,(H,21,22). The molecule has 0 aliphatic rings. The van der Waals surface area contributed by atoms with Crippen LogP contribution < -0.4 is 9.47 Å². The van der Waals surface area contributed by atoms with Gasteiger partial charge >= 0.3 is 5.97 Å². The lowest BCUT2D eigenvalue weighted by molar-refractivity contribution is 0.0697. The van der Waals surface area contributed by atoms with Gasteiger partial charge in [-0.15, -0.1) is 0 Å². The van der Waals surface area contributed by atoms with Gasteiger partial charge in [0.2, 0.25) is 0 Å². The summed E-state index contributed by atoms with van der Waals surface area (Å²) in [6.07, 6.45) is 0. The van der Waals surface area contributed by atoms with Crippen molar-refractivity contribution in [2.24, 2.45) is 0 Å². The molecule has 0 aliphatic heterocycles. The molecule has 2 aromatic rings. The first-order chi connectivity index (χ1) is 11.3. The normalized spacial score (nSPS) is 11.2. The van der Waals surface area contributed by atoms with E-state index in [1.165, 1.54) is 17.7 Å². The maximum Gasteiger partial charge on any atom is 0.335 e. The van der Waals surface area contributed by atoms with E-state index in [1.807, 2.05) is 13.0 Å². The van der Waals surface area contributed by atoms with E-state index in [2.05, 4.69) is 32.9 Å². The molecule has 1 N–H and O–H groups in total. The van der Waals surface area contributed by atoms with E-state index in [1.54, 1.807) is 12.1 Å². The number of hydrogen-bond acceptors (Lipinski definition) is 3. The fourth-order valence-corrected chi connectivity index (χ4v) is 2.37. The largest absolute Gasteiger partial charge is 0.490 e. The summed E-state index contributed by atoms with van der Waals surface area (Å²) in [7, 11) is 0. The summed E-state index contributed by atoms with van der Waals surface area (Å²) >= 11 is 0. The van der Waals surface area contributed by atoms with Gasteiger partial charge in [0.1, 0.15) is 24.7 Å². The number of ether oxygens (including phenoxy) is 2. The number of rotatable bonds is 6. The second-order valence-electron chi connectivity index (χ2n) is 6.78. The van der Waals surface area contributed by atoms with Crippen molar-refractivity contribution >= 4 is 5.97 Å². The van der Waals surface area contributed by atoms with Gasteiger partial charge in [0.25, 0.3) is 0 Å². The molecule has 0 aromatic heterocycles. The zero-order valence-electron chi connectivity index (χ0n) is 14.6. The van der Waals surface area contributed by atoms with E-state index in [-0.39, 0.29) is 11.0 Å². The molecule has 0 heterocycles. The Kier molecular flexibility index (Phi) is 5.50. The number of carbonyl (C=O) groups is 1. The molecule has 128 valence electrons. The molecule has 0 atom stereocenters. The van der Waals surface area contributed by atoms with Gasteiger partial charge in [-0.05, 0) is 53.8 Å². The summed E-state index contributed by atoms with van der Waals surface area (Å²) in [5.41, 5.74) is 2.58. The highest BCUT2D eigenvalue weighted by molar-refractivity contribution is 5.87. The van der Waals surface area contributed by atoms with E-state index >= 15 is 0 Å². The number of benzene rings is 2. The minimum absolute atomic E-state index is 0.0105. The van der Waals surface area contributed by atoms with Crippen molar-refractivity contribution in [3.63, 3.8) is 0 Å². The molecule has 0 bridgehead atoms. The van der Waals surface area contributed by atoms with Crippen LogP contribution in [0.4, 0.5) is 0 Å². The lowest BCUT2D eigenvalue weighted by atomic mass is 9.86. The third kappa shape index (κ3) is 4.75. The van der Waals surface area contributed by atoms with Crippen LogP contribution in [0.1, 0.15) is 42.3 Å². The minimum atomic E-state index is -0.945. The summed E-state index contributed by atoms with van der Waals surface area (Å²) in [5, 5.41) is 8.87. The van der Waals surface area contributed by atoms with Crippen molar-refractivity contribution in [1.82, 2.24) is 0 Å². The Bertz CT molecular complexity index is 697. The fraction of sp³-hybridized carbons (Fsp3) is 0.350. The van der Waals surface area contributed by atoms with Gasteiger partial charge in [0.05, 0.1) is 5.56 Å². The smallest absolute Gasteiger partial charge is 0.335 e. The zero-order chi connectivity index (χ0) is 17.7. The van der Waals surface area contributed by atoms with Crippen LogP contribution in [0.15, 0.2) is 42.5 Å². The summed E-state index contributed by atoms with van der Waals surface area (Å²) in [5.74, 6) is 0.565. The number of carboxylic acid groups (broad SMARTS) is 1. The minimum Gasteiger partial charge on any atom is -0.490 e. The lowest BCUT2D eigenvalue weighted by Gasteiger charge is -2.23. The Morgan fingerprint density at radius 3 is 2.21 bits per heavy atom. The fourth-order valence-electron chi connectivity index (χ4n) is 2.37. The van der Waals surface area contributed by atoms with E-state index in [4.69, 9.17) is 14.6 Å². The van der Waals surface area contributed by atoms with E-state index in [9.17, 15) is 4.79 Å². The van der Waals surface area contributed by atoms with Crippen LogP contribution in [-0.2, 0) is 5.41 Å². The molecular weight excluding hydrogens is 304 g/mol. The molecule has 0 spiro atoms. The molecule has 24 heavy (non-hydrogen) atoms. The van der Waals surface area contributed by atoms with Gasteiger partial charge in [-0.25, -0.2) is 4.79 Å². The zero-order valence-corrected chi connectivity index (χ0v) is 14.6. The van der Waals surface area contributed by atoms with Gasteiger partial charge in [-0.3, -0.25) is 0 Å². The van der Waals surface area contributed by atoms with Gasteiger partial charge in [0, 0.05) is 0 Å². The summed E-state index contributed by atoms with van der Waals surface area (Å²) in [6, 6.07) is 12.6. The SMILES string of the molecule is Cc1ccc(C(C)(C)C)c(OCCOc2ccc(C(=O)O)cc2)c1. The van der Waals surface area contributed by atoms with Gasteiger partial charge in [0.15, 0.2) is 0 Å². The van der Waals surface area contributed by atoms with E-state index < -0.39 is 5.97 Å². The van der Waals surface area contributed by atoms with Crippen LogP contribution in [0, 0.1) is 6.92 Å². The van der Waals surface area contributed by atoms with Crippen LogP contribution in [0.3, 0.4) is 0 Å². The van der Waals surface area contributed by atoms with Crippen molar-refractivity contribution in [2.45, 2.75) is 33.1 Å². The number of aromatic carboxylic acids is 1. The Morgan fingerprint density at radius 2 is 1.62 bits per heavy atom. The van der Waals surface area contributed by atoms with Crippen LogP contribution in [0.25, 0.3) is 0 Å². The third-order valence-corrected chi connectivity index (χ3v) is 3.66. The molecule has 4 heteroatoms. The molecule has 0 aliphatic carbocycles. The molecule has 0 amide bonds. The highest BCUT2D eigenvalue weighted by Crippen LogP contribution is 2.32. The third-order valence-electron chi connectivity index (χ3n) is 3.66. The monoisotopic (exact) mass is 328 g/mol. The maximum absolute atomic E-state index is 10.8. The predicted octanol–water partition coefficient (Wildman–Crippen LogP) is 4.45. The molecule has 2 aromatic carbocycles. The summed E-state index contributed by atoms with van der Waals surface area (Å²) in [4.78, 5) is 10.8. The van der Waals surface area contributed by atoms with Crippen LogP contribution in [-0.4, -0.2) is 24.3 Å². The van der Waals surface area contributed by atoms with Crippen molar-refractivity contribution in [2.75, 3.05) is 13.2 Å². The second kappa shape index (κ2) is 7.39. The Morgan fingerprint density at radius 1 is 1.00 bits per heavy atom. The molecule has 0 radical (unpaired) electrons. The number of carboxylic acids is 1. The van der Waals surface area contributed by atoms with Crippen molar-refractivity contribution in [3.05, 3.63) is 59.2 Å². The first-order valence-electron chi connectivity index (χ1n) is 7.97. The van der Waals surface area contributed by atoms with Crippen molar-refractivity contribution < 1.29 is 19.4 Å². The molecule has 4 nitrogen and oxygen atoms in total. The predicted molar refractivity (Wildman–Crippen MR) is 94.3 cm³/mol. The van der Waals surface area contributed by atoms with Crippen LogP contribution in [0.2, 0.25) is 0 Å². The van der Waals surface area contributed by atoms with Crippen LogP contribution in [0.5, 0.6) is 11.5 Å². The Balaban J connectivity index is 1.93. The number of aryl methyl sites for hydroxylation is 1. The molecule has 2 rings (SSSR count). The average Bonchev–Trinajstić information content (AvgIpc) is 2.51. The molecule has 0 unspecified atom stereocenters. The number of hydrogen-bond donors (Lipinski definition) is 1. The van der Waals surface area contributed by atoms with Crippen LogP contribution >= 0.6 is 0 Å². The highest BCUT2D eigenvalue weighted by Gasteiger charge is 2.18. The quantitative estimate of drug-likeness (QED) is 0.796. The van der Waals surface area contributed by atoms with Crippen molar-refractivity contribution in [1.29, 1.82) is 0 Å². The Hall–Kier alpha value is -2.49. The molecular formula is C20H24O4. The van der Waals surface area contributed by atoms with Crippen molar-refractivity contribution in [3.8, 4) is 11.5 Å². The maximum atomic E-state index is 10.8. The highest BCUT2D eigenvalue weighted by atomic mass is 16.5. The van der Waals surface area contributed by atoms with Gasteiger partial charge < -0.3 is 14.6 Å². The summed E-state index contributed by atoms with van der Waals surface area (Å²) in [6.45, 7) is 9.33. The first-order valence-corrected chi connectivity index (χ1v) is 7.97. The van der Waals surface area contributed by atoms with E-state index in [0.717, 1.165) is 11.3 Å². The topological polar surface area (TPSA) is 55.8 Å². The first kappa shape index (κ1) is 17.9. The lowest BCUT2D eigenvalue weighted by Crippen LogP contribution is -2.16. The molecule has 0 saturated heterocycles. The van der Waals surface area contributed by atoms with Gasteiger partial charge in [-0.1, -0.05) is 32.9 Å². The van der Waals surface area contributed by atoms with Gasteiger partial charge in [-0.2, -0.15) is 0 Å². The molecule has 0 fully saturated rings. The van der Waals surface area contributed by atoms with E-state index in [0.29, 0.717) is 19.0 Å².